The molecule has 6 heteroatoms. The first-order valence-corrected chi connectivity index (χ1v) is 8.22. The number of hydrogen-bond donors (Lipinski definition) is 2. The standard InChI is InChI=1S/C20H19ClN2O3/c1-11-5-12(2)18(13(3)6-11)23-20(25)15(10-22)7-14-8-16(21)19(24)17(9-14)26-4/h5-9,24H,1-4H3,(H,23,25)/b15-7+. The molecule has 2 N–H and O–H groups in total. The van der Waals surface area contributed by atoms with Crippen molar-refractivity contribution in [3.63, 3.8) is 0 Å². The average molecular weight is 371 g/mol. The third-order valence-corrected chi connectivity index (χ3v) is 4.15. The number of hydrogen-bond acceptors (Lipinski definition) is 4. The lowest BCUT2D eigenvalue weighted by Crippen LogP contribution is -2.15. The van der Waals surface area contributed by atoms with Gasteiger partial charge in [-0.15, -0.1) is 0 Å². The van der Waals surface area contributed by atoms with Crippen LogP contribution in [0.5, 0.6) is 11.5 Å². The third-order valence-electron chi connectivity index (χ3n) is 3.86. The number of benzene rings is 2. The zero-order valence-electron chi connectivity index (χ0n) is 15.0. The van der Waals surface area contributed by atoms with Crippen LogP contribution >= 0.6 is 11.6 Å². The molecule has 0 aliphatic carbocycles. The molecule has 0 saturated heterocycles. The Balaban J connectivity index is 2.37. The lowest BCUT2D eigenvalue weighted by molar-refractivity contribution is -0.112. The van der Waals surface area contributed by atoms with Crippen molar-refractivity contribution in [2.75, 3.05) is 12.4 Å². The molecule has 1 amide bonds. The Hall–Kier alpha value is -2.97. The molecule has 0 fully saturated rings. The summed E-state index contributed by atoms with van der Waals surface area (Å²) >= 11 is 5.95. The van der Waals surface area contributed by atoms with Gasteiger partial charge in [0.05, 0.1) is 12.1 Å². The fourth-order valence-corrected chi connectivity index (χ4v) is 2.93. The van der Waals surface area contributed by atoms with E-state index in [1.807, 2.05) is 39.0 Å². The first-order valence-electron chi connectivity index (χ1n) is 7.84. The lowest BCUT2D eigenvalue weighted by Gasteiger charge is -2.12. The second-order valence-corrected chi connectivity index (χ2v) is 6.36. The van der Waals surface area contributed by atoms with Crippen molar-refractivity contribution < 1.29 is 14.6 Å². The van der Waals surface area contributed by atoms with Crippen LogP contribution < -0.4 is 10.1 Å². The average Bonchev–Trinajstić information content (AvgIpc) is 2.58. The molecule has 0 saturated carbocycles. The van der Waals surface area contributed by atoms with Crippen LogP contribution in [0.1, 0.15) is 22.3 Å². The summed E-state index contributed by atoms with van der Waals surface area (Å²) in [4.78, 5) is 12.5. The van der Waals surface area contributed by atoms with E-state index in [4.69, 9.17) is 16.3 Å². The van der Waals surface area contributed by atoms with Crippen molar-refractivity contribution >= 4 is 29.3 Å². The summed E-state index contributed by atoms with van der Waals surface area (Å²) in [6, 6.07) is 8.76. The zero-order chi connectivity index (χ0) is 19.4. The van der Waals surface area contributed by atoms with Gasteiger partial charge >= 0.3 is 0 Å². The number of halogens is 1. The fraction of sp³-hybridized carbons (Fsp3) is 0.200. The molecule has 2 aromatic carbocycles. The van der Waals surface area contributed by atoms with Crippen LogP contribution in [0.2, 0.25) is 5.02 Å². The van der Waals surface area contributed by atoms with E-state index in [9.17, 15) is 15.2 Å². The minimum Gasteiger partial charge on any atom is -0.503 e. The molecule has 0 aliphatic heterocycles. The normalized spacial score (nSPS) is 11.0. The number of ether oxygens (including phenoxy) is 1. The van der Waals surface area contributed by atoms with E-state index in [1.165, 1.54) is 25.3 Å². The van der Waals surface area contributed by atoms with Gasteiger partial charge in [-0.3, -0.25) is 4.79 Å². The minimum absolute atomic E-state index is 0.0681. The van der Waals surface area contributed by atoms with Crippen LogP contribution in [0.15, 0.2) is 29.8 Å². The topological polar surface area (TPSA) is 82.3 Å². The molecular weight excluding hydrogens is 352 g/mol. The third kappa shape index (κ3) is 4.16. The van der Waals surface area contributed by atoms with Gasteiger partial charge in [0, 0.05) is 5.69 Å². The summed E-state index contributed by atoms with van der Waals surface area (Å²) in [5.74, 6) is -0.558. The largest absolute Gasteiger partial charge is 0.503 e. The highest BCUT2D eigenvalue weighted by Crippen LogP contribution is 2.35. The highest BCUT2D eigenvalue weighted by atomic mass is 35.5. The SMILES string of the molecule is COc1cc(/C=C(\C#N)C(=O)Nc2c(C)cc(C)cc2C)cc(Cl)c1O. The summed E-state index contributed by atoms with van der Waals surface area (Å²) < 4.78 is 5.03. The second-order valence-electron chi connectivity index (χ2n) is 5.95. The number of carbonyl (C=O) groups excluding carboxylic acids is 1. The molecule has 2 rings (SSSR count). The molecule has 0 atom stereocenters. The number of aryl methyl sites for hydroxylation is 3. The van der Waals surface area contributed by atoms with Gasteiger partial charge in [-0.05, 0) is 55.7 Å². The number of nitriles is 1. The van der Waals surface area contributed by atoms with Crippen LogP contribution in [0.25, 0.3) is 6.08 Å². The molecule has 0 unspecified atom stereocenters. The molecule has 134 valence electrons. The summed E-state index contributed by atoms with van der Waals surface area (Å²) in [7, 11) is 1.39. The number of amides is 1. The van der Waals surface area contributed by atoms with E-state index in [-0.39, 0.29) is 22.1 Å². The van der Waals surface area contributed by atoms with Gasteiger partial charge in [0.1, 0.15) is 11.6 Å². The summed E-state index contributed by atoms with van der Waals surface area (Å²) in [5.41, 5.74) is 4.00. The van der Waals surface area contributed by atoms with Crippen molar-refractivity contribution in [1.29, 1.82) is 5.26 Å². The molecule has 0 radical (unpaired) electrons. The maximum Gasteiger partial charge on any atom is 0.266 e. The van der Waals surface area contributed by atoms with Crippen LogP contribution in [0, 0.1) is 32.1 Å². The van der Waals surface area contributed by atoms with E-state index in [2.05, 4.69) is 5.32 Å². The van der Waals surface area contributed by atoms with Crippen molar-refractivity contribution in [1.82, 2.24) is 0 Å². The van der Waals surface area contributed by atoms with E-state index >= 15 is 0 Å². The molecule has 0 spiro atoms. The van der Waals surface area contributed by atoms with Gasteiger partial charge in [-0.1, -0.05) is 29.3 Å². The van der Waals surface area contributed by atoms with Crippen LogP contribution in [0.4, 0.5) is 5.69 Å². The number of phenolic OH excluding ortho intramolecular Hbond substituents is 1. The van der Waals surface area contributed by atoms with Gasteiger partial charge in [0.2, 0.25) is 0 Å². The molecular formula is C20H19ClN2O3. The van der Waals surface area contributed by atoms with Crippen LogP contribution in [-0.2, 0) is 4.79 Å². The number of methoxy groups -OCH3 is 1. The summed E-state index contributed by atoms with van der Waals surface area (Å²) in [6.45, 7) is 5.78. The molecule has 2 aromatic rings. The van der Waals surface area contributed by atoms with E-state index in [1.54, 1.807) is 0 Å². The van der Waals surface area contributed by atoms with Crippen molar-refractivity contribution in [3.05, 3.63) is 57.1 Å². The number of nitrogens with zero attached hydrogens (tertiary/aromatic N) is 1. The predicted octanol–water partition coefficient (Wildman–Crippen LogP) is 4.53. The number of carbonyl (C=O) groups is 1. The smallest absolute Gasteiger partial charge is 0.266 e. The fourth-order valence-electron chi connectivity index (χ4n) is 2.71. The minimum atomic E-state index is -0.522. The van der Waals surface area contributed by atoms with E-state index in [0.717, 1.165) is 16.7 Å². The Morgan fingerprint density at radius 2 is 1.85 bits per heavy atom. The monoisotopic (exact) mass is 370 g/mol. The Bertz CT molecular complexity index is 920. The Labute approximate surface area is 157 Å². The molecule has 0 aliphatic rings. The highest BCUT2D eigenvalue weighted by molar-refractivity contribution is 6.32. The molecule has 0 bridgehead atoms. The second kappa shape index (κ2) is 7.94. The zero-order valence-corrected chi connectivity index (χ0v) is 15.7. The number of phenols is 1. The summed E-state index contributed by atoms with van der Waals surface area (Å²) in [5, 5.41) is 22.0. The van der Waals surface area contributed by atoms with Crippen LogP contribution in [0.3, 0.4) is 0 Å². The predicted molar refractivity (Wildman–Crippen MR) is 103 cm³/mol. The maximum absolute atomic E-state index is 12.5. The Morgan fingerprint density at radius 3 is 2.38 bits per heavy atom. The first-order chi connectivity index (χ1) is 12.3. The Kier molecular flexibility index (Phi) is 5.91. The quantitative estimate of drug-likeness (QED) is 0.612. The van der Waals surface area contributed by atoms with Crippen molar-refractivity contribution in [2.45, 2.75) is 20.8 Å². The number of anilines is 1. The molecule has 0 aromatic heterocycles. The van der Waals surface area contributed by atoms with Gasteiger partial charge in [-0.25, -0.2) is 0 Å². The Morgan fingerprint density at radius 1 is 1.23 bits per heavy atom. The van der Waals surface area contributed by atoms with Crippen LogP contribution in [-0.4, -0.2) is 18.1 Å². The lowest BCUT2D eigenvalue weighted by atomic mass is 10.0. The molecule has 5 nitrogen and oxygen atoms in total. The number of aromatic hydroxyl groups is 1. The van der Waals surface area contributed by atoms with Crippen molar-refractivity contribution in [2.24, 2.45) is 0 Å². The number of rotatable bonds is 4. The first kappa shape index (κ1) is 19.4. The van der Waals surface area contributed by atoms with E-state index in [0.29, 0.717) is 11.3 Å². The van der Waals surface area contributed by atoms with Crippen molar-refractivity contribution in [3.8, 4) is 17.6 Å². The van der Waals surface area contributed by atoms with E-state index < -0.39 is 5.91 Å². The summed E-state index contributed by atoms with van der Waals surface area (Å²) in [6.07, 6.45) is 1.39. The molecule has 26 heavy (non-hydrogen) atoms. The molecule has 0 heterocycles. The van der Waals surface area contributed by atoms with Gasteiger partial charge in [-0.2, -0.15) is 5.26 Å². The van der Waals surface area contributed by atoms with Gasteiger partial charge in [0.15, 0.2) is 11.5 Å². The highest BCUT2D eigenvalue weighted by Gasteiger charge is 2.14. The van der Waals surface area contributed by atoms with Gasteiger partial charge < -0.3 is 15.2 Å². The van der Waals surface area contributed by atoms with Gasteiger partial charge in [0.25, 0.3) is 5.91 Å². The maximum atomic E-state index is 12.5. The number of nitrogens with one attached hydrogen (secondary N) is 1.